The summed E-state index contributed by atoms with van der Waals surface area (Å²) in [5, 5.41) is 13.4. The van der Waals surface area contributed by atoms with Crippen LogP contribution in [-0.2, 0) is 4.74 Å². The van der Waals surface area contributed by atoms with Crippen LogP contribution in [0.25, 0.3) is 11.4 Å². The van der Waals surface area contributed by atoms with E-state index in [0.717, 1.165) is 53.0 Å². The van der Waals surface area contributed by atoms with Crippen molar-refractivity contribution in [3.8, 4) is 11.4 Å². The molecule has 0 radical (unpaired) electrons. The van der Waals surface area contributed by atoms with Gasteiger partial charge in [-0.3, -0.25) is 5.43 Å². The number of benzene rings is 1. The summed E-state index contributed by atoms with van der Waals surface area (Å²) >= 11 is 1.58. The average Bonchev–Trinajstić information content (AvgIpc) is 3.19. The van der Waals surface area contributed by atoms with E-state index in [4.69, 9.17) is 4.74 Å². The van der Waals surface area contributed by atoms with Gasteiger partial charge >= 0.3 is 0 Å². The third kappa shape index (κ3) is 2.12. The van der Waals surface area contributed by atoms with E-state index < -0.39 is 5.66 Å². The maximum atomic E-state index is 6.01. The molecule has 0 amide bonds. The Morgan fingerprint density at radius 1 is 1.24 bits per heavy atom. The maximum Gasteiger partial charge on any atom is 0.210 e. The van der Waals surface area contributed by atoms with Gasteiger partial charge in [-0.1, -0.05) is 23.9 Å². The molecule has 1 unspecified atom stereocenters. The molecule has 1 aromatic heterocycles. The summed E-state index contributed by atoms with van der Waals surface area (Å²) in [5.41, 5.74) is 6.49. The number of hydrogen-bond acceptors (Lipinski definition) is 6. The molecule has 0 saturated heterocycles. The van der Waals surface area contributed by atoms with Crippen LogP contribution < -0.4 is 10.7 Å². The highest BCUT2D eigenvalue weighted by Gasteiger charge is 2.43. The van der Waals surface area contributed by atoms with Gasteiger partial charge < -0.3 is 10.1 Å². The molecule has 6 nitrogen and oxygen atoms in total. The summed E-state index contributed by atoms with van der Waals surface area (Å²) in [4.78, 5) is 0. The van der Waals surface area contributed by atoms with Gasteiger partial charge in [-0.15, -0.1) is 10.2 Å². The van der Waals surface area contributed by atoms with Crippen molar-refractivity contribution < 1.29 is 4.74 Å². The van der Waals surface area contributed by atoms with E-state index in [0.29, 0.717) is 0 Å². The molecule has 2 aliphatic heterocycles. The minimum absolute atomic E-state index is 0.525. The van der Waals surface area contributed by atoms with Gasteiger partial charge in [0.2, 0.25) is 5.16 Å². The van der Waals surface area contributed by atoms with Crippen LogP contribution in [-0.4, -0.2) is 26.8 Å². The summed E-state index contributed by atoms with van der Waals surface area (Å²) < 4.78 is 8.01. The third-order valence-corrected chi connectivity index (χ3v) is 5.58. The lowest BCUT2D eigenvalue weighted by atomic mass is 9.95. The number of hydrogen-bond donors (Lipinski definition) is 2. The molecule has 0 saturated carbocycles. The molecule has 1 aliphatic carbocycles. The van der Waals surface area contributed by atoms with Gasteiger partial charge in [0.1, 0.15) is 11.5 Å². The van der Waals surface area contributed by atoms with E-state index in [9.17, 15) is 0 Å². The van der Waals surface area contributed by atoms with Crippen molar-refractivity contribution in [1.82, 2.24) is 14.9 Å². The van der Waals surface area contributed by atoms with Crippen molar-refractivity contribution in [2.75, 3.05) is 17.0 Å². The highest BCUT2D eigenvalue weighted by molar-refractivity contribution is 7.98. The molecule has 7 heteroatoms. The molecule has 0 bridgehead atoms. The molecule has 2 N–H and O–H groups in total. The molecule has 3 heterocycles. The largest absolute Gasteiger partial charge is 0.466 e. The van der Waals surface area contributed by atoms with E-state index in [-0.39, 0.29) is 0 Å². The van der Waals surface area contributed by atoms with Crippen LogP contribution in [0.2, 0.25) is 0 Å². The number of nitrogens with one attached hydrogen (secondary N) is 2. The van der Waals surface area contributed by atoms with Gasteiger partial charge in [0, 0.05) is 29.3 Å². The predicted octanol–water partition coefficient (Wildman–Crippen LogP) is 3.70. The van der Waals surface area contributed by atoms with E-state index in [1.165, 1.54) is 5.57 Å². The lowest BCUT2D eigenvalue weighted by molar-refractivity contribution is 0.276. The zero-order valence-electron chi connectivity index (χ0n) is 14.2. The Morgan fingerprint density at radius 3 is 3.00 bits per heavy atom. The first kappa shape index (κ1) is 14.9. The summed E-state index contributed by atoms with van der Waals surface area (Å²) in [6.45, 7) is 2.01. The quantitative estimate of drug-likeness (QED) is 0.762. The summed E-state index contributed by atoms with van der Waals surface area (Å²) in [7, 11) is 0. The number of thioether (sulfide) groups is 1. The molecular weight excluding hydrogens is 334 g/mol. The summed E-state index contributed by atoms with van der Waals surface area (Å²) in [5.74, 6) is 2.81. The van der Waals surface area contributed by atoms with Gasteiger partial charge in [-0.2, -0.15) is 0 Å². The van der Waals surface area contributed by atoms with Crippen LogP contribution in [0.5, 0.6) is 0 Å². The summed E-state index contributed by atoms with van der Waals surface area (Å²) in [6.07, 6.45) is 7.25. The monoisotopic (exact) mass is 353 g/mol. The van der Waals surface area contributed by atoms with Crippen LogP contribution in [0.1, 0.15) is 26.2 Å². The number of aromatic nitrogens is 3. The molecule has 25 heavy (non-hydrogen) atoms. The van der Waals surface area contributed by atoms with Crippen molar-refractivity contribution in [1.29, 1.82) is 0 Å². The van der Waals surface area contributed by atoms with Gasteiger partial charge in [0.25, 0.3) is 0 Å². The Labute approximate surface area is 150 Å². The van der Waals surface area contributed by atoms with E-state index in [1.54, 1.807) is 11.8 Å². The molecule has 3 aliphatic rings. The highest BCUT2D eigenvalue weighted by Crippen LogP contribution is 2.44. The Balaban J connectivity index is 1.77. The second-order valence-electron chi connectivity index (χ2n) is 6.55. The minimum Gasteiger partial charge on any atom is -0.466 e. The Bertz CT molecular complexity index is 931. The van der Waals surface area contributed by atoms with Crippen LogP contribution in [0, 0.1) is 0 Å². The fraction of sp³-hybridized carbons (Fsp3) is 0.333. The highest BCUT2D eigenvalue weighted by atomic mass is 32.2. The first-order valence-electron chi connectivity index (χ1n) is 8.45. The molecule has 0 fully saturated rings. The predicted molar refractivity (Wildman–Crippen MR) is 98.7 cm³/mol. The summed E-state index contributed by atoms with van der Waals surface area (Å²) in [6, 6.07) is 8.24. The normalized spacial score (nSPS) is 23.7. The molecule has 1 atom stereocenters. The molecule has 5 rings (SSSR count). The lowest BCUT2D eigenvalue weighted by Gasteiger charge is -2.38. The van der Waals surface area contributed by atoms with Gasteiger partial charge in [-0.25, -0.2) is 4.68 Å². The van der Waals surface area contributed by atoms with Crippen molar-refractivity contribution in [2.45, 2.75) is 37.0 Å². The number of fused-ring (bicyclic) bond motifs is 4. The molecule has 2 aromatic rings. The number of ether oxygens (including phenoxy) is 1. The molecular formula is C18H19N5OS. The Morgan fingerprint density at radius 2 is 2.12 bits per heavy atom. The van der Waals surface area contributed by atoms with Crippen molar-refractivity contribution in [3.63, 3.8) is 0 Å². The number of nitrogens with zero attached hydrogens (tertiary/aromatic N) is 3. The third-order valence-electron chi connectivity index (χ3n) is 4.95. The van der Waals surface area contributed by atoms with Gasteiger partial charge in [0.05, 0.1) is 0 Å². The number of anilines is 1. The van der Waals surface area contributed by atoms with Crippen molar-refractivity contribution in [2.24, 2.45) is 0 Å². The van der Waals surface area contributed by atoms with Crippen LogP contribution in [0.3, 0.4) is 0 Å². The zero-order valence-corrected chi connectivity index (χ0v) is 15.0. The van der Waals surface area contributed by atoms with Crippen molar-refractivity contribution >= 4 is 17.4 Å². The number of rotatable bonds is 1. The first-order chi connectivity index (χ1) is 12.2. The number of allylic oxidation sites excluding steroid dienone is 2. The standard InChI is InChI=1S/C18H19N5OS/c1-11-10-18(13-7-5-9-15(13)24-11)19-14-8-4-3-6-12(14)16-20-21-17(25-2)23(16)22-18/h3-4,6,8,10,19,22H,5,7,9H2,1-2H3. The average molecular weight is 353 g/mol. The van der Waals surface area contributed by atoms with Gasteiger partial charge in [-0.05, 0) is 38.2 Å². The smallest absolute Gasteiger partial charge is 0.210 e. The second kappa shape index (κ2) is 5.29. The fourth-order valence-corrected chi connectivity index (χ4v) is 4.39. The maximum absolute atomic E-state index is 6.01. The Hall–Kier alpha value is -2.41. The van der Waals surface area contributed by atoms with Gasteiger partial charge in [0.15, 0.2) is 11.5 Å². The molecule has 128 valence electrons. The number of para-hydroxylation sites is 1. The minimum atomic E-state index is -0.525. The van der Waals surface area contributed by atoms with Crippen LogP contribution >= 0.6 is 11.8 Å². The molecule has 1 spiro atoms. The zero-order chi connectivity index (χ0) is 17.0. The topological polar surface area (TPSA) is 64.0 Å². The fourth-order valence-electron chi connectivity index (χ4n) is 3.95. The van der Waals surface area contributed by atoms with Crippen LogP contribution in [0.15, 0.2) is 52.6 Å². The molecule has 1 aromatic carbocycles. The first-order valence-corrected chi connectivity index (χ1v) is 9.68. The Kier molecular flexibility index (Phi) is 3.15. The second-order valence-corrected chi connectivity index (χ2v) is 7.32. The van der Waals surface area contributed by atoms with E-state index in [2.05, 4.69) is 39.1 Å². The van der Waals surface area contributed by atoms with E-state index >= 15 is 0 Å². The van der Waals surface area contributed by atoms with Crippen LogP contribution in [0.4, 0.5) is 5.69 Å². The van der Waals surface area contributed by atoms with Crippen molar-refractivity contribution in [3.05, 3.63) is 47.4 Å². The van der Waals surface area contributed by atoms with E-state index in [1.807, 2.05) is 30.0 Å². The lowest BCUT2D eigenvalue weighted by Crippen LogP contribution is -2.51. The SMILES string of the molecule is CSc1nnc2n1NC1(C=C(C)OC3=C1CCC3)Nc1ccccc1-2.